The van der Waals surface area contributed by atoms with E-state index in [-0.39, 0.29) is 11.6 Å². The number of nitrogens with two attached hydrogens (primary N) is 1. The van der Waals surface area contributed by atoms with Gasteiger partial charge in [0, 0.05) is 17.0 Å². The molecular weight excluding hydrogens is 248 g/mol. The Kier molecular flexibility index (Phi) is 3.12. The average Bonchev–Trinajstić information content (AvgIpc) is 2.46. The van der Waals surface area contributed by atoms with E-state index in [1.54, 1.807) is 6.07 Å². The number of rotatable bonds is 2. The lowest BCUT2D eigenvalue weighted by Crippen LogP contribution is -2.16. The fourth-order valence-electron chi connectivity index (χ4n) is 2.44. The van der Waals surface area contributed by atoms with Gasteiger partial charge < -0.3 is 10.7 Å². The van der Waals surface area contributed by atoms with Crippen LogP contribution in [0.25, 0.3) is 10.9 Å². The third-order valence-corrected chi connectivity index (χ3v) is 3.55. The lowest BCUT2D eigenvalue weighted by Gasteiger charge is -2.15. The second-order valence-electron chi connectivity index (χ2n) is 5.02. The van der Waals surface area contributed by atoms with E-state index in [0.29, 0.717) is 0 Å². The first-order chi connectivity index (χ1) is 9.65. The number of aromatic nitrogens is 1. The van der Waals surface area contributed by atoms with Crippen LogP contribution in [0.3, 0.4) is 0 Å². The summed E-state index contributed by atoms with van der Waals surface area (Å²) in [6.45, 7) is 2.04. The van der Waals surface area contributed by atoms with Crippen LogP contribution in [0.15, 0.2) is 59.4 Å². The van der Waals surface area contributed by atoms with Gasteiger partial charge in [0.05, 0.1) is 6.04 Å². The van der Waals surface area contributed by atoms with Gasteiger partial charge in [0.15, 0.2) is 0 Å². The molecule has 0 bridgehead atoms. The van der Waals surface area contributed by atoms with E-state index in [1.807, 2.05) is 55.5 Å². The molecule has 0 saturated heterocycles. The molecule has 20 heavy (non-hydrogen) atoms. The highest BCUT2D eigenvalue weighted by Gasteiger charge is 2.13. The first-order valence-corrected chi connectivity index (χ1v) is 6.59. The highest BCUT2D eigenvalue weighted by atomic mass is 16.1. The highest BCUT2D eigenvalue weighted by Crippen LogP contribution is 2.25. The number of hydrogen-bond acceptors (Lipinski definition) is 2. The molecule has 3 N–H and O–H groups in total. The minimum atomic E-state index is -0.303. The van der Waals surface area contributed by atoms with Crippen molar-refractivity contribution in [2.45, 2.75) is 13.0 Å². The van der Waals surface area contributed by atoms with Gasteiger partial charge in [-0.3, -0.25) is 4.79 Å². The smallest absolute Gasteiger partial charge is 0.248 e. The first-order valence-electron chi connectivity index (χ1n) is 6.59. The molecule has 3 heteroatoms. The molecule has 0 saturated carbocycles. The molecule has 3 rings (SSSR count). The maximum Gasteiger partial charge on any atom is 0.248 e. The van der Waals surface area contributed by atoms with Crippen LogP contribution in [0.1, 0.15) is 22.7 Å². The second kappa shape index (κ2) is 4.94. The lowest BCUT2D eigenvalue weighted by molar-refractivity contribution is 0.875. The third kappa shape index (κ3) is 2.24. The van der Waals surface area contributed by atoms with Crippen LogP contribution in [0, 0.1) is 6.92 Å². The molecule has 0 amide bonds. The van der Waals surface area contributed by atoms with Gasteiger partial charge >= 0.3 is 0 Å². The van der Waals surface area contributed by atoms with Crippen LogP contribution in [-0.2, 0) is 0 Å². The van der Waals surface area contributed by atoms with Crippen LogP contribution in [-0.4, -0.2) is 4.98 Å². The van der Waals surface area contributed by atoms with Gasteiger partial charge in [0.25, 0.3) is 0 Å². The number of nitrogens with one attached hydrogen (secondary N) is 1. The SMILES string of the molecule is Cc1ccc(C(N)c2cc(=O)[nH]c3ccccc23)cc1. The van der Waals surface area contributed by atoms with E-state index in [0.717, 1.165) is 22.0 Å². The lowest BCUT2D eigenvalue weighted by atomic mass is 9.96. The summed E-state index contributed by atoms with van der Waals surface area (Å²) in [5.74, 6) is 0. The Bertz CT molecular complexity index is 803. The van der Waals surface area contributed by atoms with Crippen LogP contribution >= 0.6 is 0 Å². The minimum absolute atomic E-state index is 0.124. The summed E-state index contributed by atoms with van der Waals surface area (Å²) in [7, 11) is 0. The number of H-pyrrole nitrogens is 1. The van der Waals surface area contributed by atoms with E-state index in [4.69, 9.17) is 5.73 Å². The van der Waals surface area contributed by atoms with Gasteiger partial charge in [-0.1, -0.05) is 48.0 Å². The van der Waals surface area contributed by atoms with Crippen molar-refractivity contribution in [2.24, 2.45) is 5.73 Å². The molecular formula is C17H16N2O. The van der Waals surface area contributed by atoms with Gasteiger partial charge in [-0.25, -0.2) is 0 Å². The number of benzene rings is 2. The summed E-state index contributed by atoms with van der Waals surface area (Å²) < 4.78 is 0. The zero-order chi connectivity index (χ0) is 14.1. The van der Waals surface area contributed by atoms with Crippen molar-refractivity contribution < 1.29 is 0 Å². The summed E-state index contributed by atoms with van der Waals surface area (Å²) in [6.07, 6.45) is 0. The molecule has 1 unspecified atom stereocenters. The van der Waals surface area contributed by atoms with Crippen molar-refractivity contribution in [1.82, 2.24) is 4.98 Å². The Morgan fingerprint density at radius 1 is 1.05 bits per heavy atom. The van der Waals surface area contributed by atoms with Gasteiger partial charge in [0.2, 0.25) is 5.56 Å². The van der Waals surface area contributed by atoms with Gasteiger partial charge in [-0.15, -0.1) is 0 Å². The molecule has 0 aliphatic carbocycles. The average molecular weight is 264 g/mol. The Morgan fingerprint density at radius 3 is 2.50 bits per heavy atom. The fraction of sp³-hybridized carbons (Fsp3) is 0.118. The van der Waals surface area contributed by atoms with Crippen LogP contribution in [0.4, 0.5) is 0 Å². The minimum Gasteiger partial charge on any atom is -0.322 e. The predicted molar refractivity (Wildman–Crippen MR) is 81.8 cm³/mol. The molecule has 0 radical (unpaired) electrons. The third-order valence-electron chi connectivity index (χ3n) is 3.55. The molecule has 0 aliphatic rings. The van der Waals surface area contributed by atoms with E-state index < -0.39 is 0 Å². The number of pyridine rings is 1. The van der Waals surface area contributed by atoms with E-state index in [9.17, 15) is 4.79 Å². The number of hydrogen-bond donors (Lipinski definition) is 2. The van der Waals surface area contributed by atoms with Crippen molar-refractivity contribution >= 4 is 10.9 Å². The van der Waals surface area contributed by atoms with Gasteiger partial charge in [-0.2, -0.15) is 0 Å². The fourth-order valence-corrected chi connectivity index (χ4v) is 2.44. The second-order valence-corrected chi connectivity index (χ2v) is 5.02. The molecule has 1 atom stereocenters. The maximum absolute atomic E-state index is 11.8. The Hall–Kier alpha value is -2.39. The Labute approximate surface area is 117 Å². The number of para-hydroxylation sites is 1. The van der Waals surface area contributed by atoms with Crippen LogP contribution < -0.4 is 11.3 Å². The molecule has 3 aromatic rings. The van der Waals surface area contributed by atoms with E-state index in [1.165, 1.54) is 5.56 Å². The molecule has 2 aromatic carbocycles. The van der Waals surface area contributed by atoms with E-state index in [2.05, 4.69) is 4.98 Å². The summed E-state index contributed by atoms with van der Waals surface area (Å²) in [4.78, 5) is 14.6. The Balaban J connectivity index is 2.18. The van der Waals surface area contributed by atoms with Gasteiger partial charge in [-0.05, 0) is 24.1 Å². The highest BCUT2D eigenvalue weighted by molar-refractivity contribution is 5.82. The van der Waals surface area contributed by atoms with Crippen molar-refractivity contribution in [2.75, 3.05) is 0 Å². The summed E-state index contributed by atoms with van der Waals surface area (Å²) in [6, 6.07) is 17.1. The zero-order valence-corrected chi connectivity index (χ0v) is 11.3. The maximum atomic E-state index is 11.8. The molecule has 100 valence electrons. The Morgan fingerprint density at radius 2 is 1.75 bits per heavy atom. The molecule has 1 aromatic heterocycles. The summed E-state index contributed by atoms with van der Waals surface area (Å²) in [5.41, 5.74) is 10.1. The number of fused-ring (bicyclic) bond motifs is 1. The quantitative estimate of drug-likeness (QED) is 0.747. The van der Waals surface area contributed by atoms with E-state index >= 15 is 0 Å². The van der Waals surface area contributed by atoms with Crippen molar-refractivity contribution in [3.05, 3.63) is 81.6 Å². The van der Waals surface area contributed by atoms with Crippen molar-refractivity contribution in [3.63, 3.8) is 0 Å². The normalized spacial score (nSPS) is 12.5. The topological polar surface area (TPSA) is 58.9 Å². The molecule has 0 aliphatic heterocycles. The molecule has 3 nitrogen and oxygen atoms in total. The molecule has 0 spiro atoms. The molecule has 1 heterocycles. The van der Waals surface area contributed by atoms with Crippen LogP contribution in [0.2, 0.25) is 0 Å². The summed E-state index contributed by atoms with van der Waals surface area (Å²) >= 11 is 0. The van der Waals surface area contributed by atoms with Crippen molar-refractivity contribution in [3.8, 4) is 0 Å². The largest absolute Gasteiger partial charge is 0.322 e. The first kappa shape index (κ1) is 12.6. The number of aromatic amines is 1. The zero-order valence-electron chi connectivity index (χ0n) is 11.3. The monoisotopic (exact) mass is 264 g/mol. The van der Waals surface area contributed by atoms with Crippen LogP contribution in [0.5, 0.6) is 0 Å². The van der Waals surface area contributed by atoms with Gasteiger partial charge in [0.1, 0.15) is 0 Å². The predicted octanol–water partition coefficient (Wildman–Crippen LogP) is 2.88. The number of aryl methyl sites for hydroxylation is 1. The molecule has 0 fully saturated rings. The summed E-state index contributed by atoms with van der Waals surface area (Å²) in [5, 5.41) is 0.986. The van der Waals surface area contributed by atoms with Crippen molar-refractivity contribution in [1.29, 1.82) is 0 Å². The standard InChI is InChI=1S/C17H16N2O/c1-11-6-8-12(9-7-11)17(18)14-10-16(20)19-15-5-3-2-4-13(14)15/h2-10,17H,18H2,1H3,(H,19,20).